The van der Waals surface area contributed by atoms with Gasteiger partial charge in [-0.3, -0.25) is 9.59 Å². The zero-order valence-corrected chi connectivity index (χ0v) is 25.8. The van der Waals surface area contributed by atoms with Crippen LogP contribution in [0, 0.1) is 5.92 Å². The maximum absolute atomic E-state index is 14.4. The number of alkyl halides is 1. The Kier molecular flexibility index (Phi) is 7.12. The Morgan fingerprint density at radius 2 is 2.00 bits per heavy atom. The molecule has 5 aromatic heterocycles. The Morgan fingerprint density at radius 3 is 2.79 bits per heavy atom. The number of likely N-dealkylation sites (tertiary alicyclic amines) is 1. The van der Waals surface area contributed by atoms with Gasteiger partial charge in [-0.1, -0.05) is 6.07 Å². The van der Waals surface area contributed by atoms with Gasteiger partial charge in [0.25, 0.3) is 5.91 Å². The number of H-pyrrole nitrogens is 1. The monoisotopic (exact) mass is 635 g/mol. The van der Waals surface area contributed by atoms with E-state index < -0.39 is 12.2 Å². The van der Waals surface area contributed by atoms with Crippen LogP contribution in [-0.4, -0.2) is 77.1 Å². The van der Waals surface area contributed by atoms with Crippen molar-refractivity contribution in [2.24, 2.45) is 11.7 Å². The number of carbonyl (C=O) groups is 1. The Balaban J connectivity index is 1.29. The molecule has 1 amide bonds. The highest BCUT2D eigenvalue weighted by atomic mass is 19.1. The molecule has 2 atom stereocenters. The largest absolute Gasteiger partial charge is 0.494 e. The highest BCUT2D eigenvalue weighted by Crippen LogP contribution is 2.38. The zero-order chi connectivity index (χ0) is 32.2. The van der Waals surface area contributed by atoms with Gasteiger partial charge in [-0.15, -0.1) is 0 Å². The number of aromatic nitrogens is 7. The molecule has 6 aromatic rings. The molecule has 1 saturated carbocycles. The number of fused-ring (bicyclic) bond motifs is 2. The van der Waals surface area contributed by atoms with Crippen molar-refractivity contribution in [3.8, 4) is 23.1 Å². The van der Waals surface area contributed by atoms with Crippen LogP contribution in [0.25, 0.3) is 39.4 Å². The minimum absolute atomic E-state index is 0.00246. The first-order chi connectivity index (χ1) is 22.8. The minimum atomic E-state index is -1.17. The van der Waals surface area contributed by atoms with E-state index in [0.29, 0.717) is 46.5 Å². The topological polar surface area (TPSA) is 142 Å². The van der Waals surface area contributed by atoms with Gasteiger partial charge >= 0.3 is 0 Å². The highest BCUT2D eigenvalue weighted by Gasteiger charge is 2.31. The van der Waals surface area contributed by atoms with E-state index in [4.69, 9.17) is 20.4 Å². The molecule has 13 heteroatoms. The van der Waals surface area contributed by atoms with Crippen LogP contribution in [0.2, 0.25) is 0 Å². The number of aromatic amines is 1. The van der Waals surface area contributed by atoms with Crippen molar-refractivity contribution in [1.29, 1.82) is 0 Å². The van der Waals surface area contributed by atoms with E-state index in [-0.39, 0.29) is 31.0 Å². The number of rotatable bonds is 8. The van der Waals surface area contributed by atoms with E-state index in [2.05, 4.69) is 25.3 Å². The lowest BCUT2D eigenvalue weighted by Crippen LogP contribution is -2.50. The molecule has 1 aliphatic carbocycles. The first-order valence-electron chi connectivity index (χ1n) is 15.8. The second-order valence-corrected chi connectivity index (χ2v) is 12.6. The molecule has 6 heterocycles. The molecular formula is C34H34FN9O3. The van der Waals surface area contributed by atoms with Gasteiger partial charge in [-0.2, -0.15) is 5.10 Å². The number of hydrogen-bond acceptors (Lipinski definition) is 7. The van der Waals surface area contributed by atoms with Crippen molar-refractivity contribution in [2.75, 3.05) is 20.2 Å². The number of pyridine rings is 2. The summed E-state index contributed by atoms with van der Waals surface area (Å²) in [6, 6.07) is 14.0. The lowest BCUT2D eigenvalue weighted by molar-refractivity contribution is 0.0606. The van der Waals surface area contributed by atoms with Crippen LogP contribution in [0.4, 0.5) is 4.39 Å². The summed E-state index contributed by atoms with van der Waals surface area (Å²) in [5.41, 5.74) is 10.1. The van der Waals surface area contributed by atoms with Crippen molar-refractivity contribution in [2.45, 2.75) is 44.6 Å². The van der Waals surface area contributed by atoms with Crippen LogP contribution in [0.3, 0.4) is 0 Å². The first kappa shape index (κ1) is 29.1. The Hall–Kier alpha value is -5.30. The van der Waals surface area contributed by atoms with Gasteiger partial charge in [0.2, 0.25) is 5.56 Å². The van der Waals surface area contributed by atoms with Crippen LogP contribution < -0.4 is 16.0 Å². The van der Waals surface area contributed by atoms with Crippen LogP contribution in [0.1, 0.15) is 35.2 Å². The van der Waals surface area contributed by atoms with Gasteiger partial charge in [0.05, 0.1) is 37.6 Å². The van der Waals surface area contributed by atoms with E-state index >= 15 is 0 Å². The van der Waals surface area contributed by atoms with Crippen LogP contribution in [-0.2, 0) is 13.1 Å². The molecule has 12 nitrogen and oxygen atoms in total. The minimum Gasteiger partial charge on any atom is -0.494 e. The van der Waals surface area contributed by atoms with Gasteiger partial charge in [0.1, 0.15) is 28.9 Å². The normalized spacial score (nSPS) is 18.3. The van der Waals surface area contributed by atoms with Crippen molar-refractivity contribution < 1.29 is 13.9 Å². The summed E-state index contributed by atoms with van der Waals surface area (Å²) in [4.78, 5) is 39.8. The summed E-state index contributed by atoms with van der Waals surface area (Å²) < 4.78 is 26.3. The predicted octanol–water partition coefficient (Wildman–Crippen LogP) is 3.91. The number of carbonyl (C=O) groups excluding carboxylic acids is 1. The third kappa shape index (κ3) is 5.46. The fraction of sp³-hybridized carbons (Fsp3) is 0.324. The fourth-order valence-corrected chi connectivity index (χ4v) is 6.62. The molecule has 47 heavy (non-hydrogen) atoms. The standard InChI is InChI=1S/C34H34FN9O3/c1-47-28-12-23(34(46)41-18-24(35)13-25(36)19-41)10-26-31(28)43(16-21-14-38-44(17-21)29-5-2-6-30(45)40-29)33(39-26)27-11-22-4-3-9-37-32(22)42(27)15-20-7-8-20/h2-6,9-12,14,17,20,24-25H,7-8,13,15-16,18-19,36H2,1H3,(H,40,45)/t24-,25-/m1/s1. The van der Waals surface area contributed by atoms with Crippen LogP contribution in [0.5, 0.6) is 5.75 Å². The number of nitrogens with zero attached hydrogens (tertiary/aromatic N) is 7. The number of methoxy groups -OCH3 is 1. The molecule has 2 aliphatic rings. The summed E-state index contributed by atoms with van der Waals surface area (Å²) in [5.74, 6) is 1.95. The number of nitrogens with two attached hydrogens (primary N) is 1. The maximum atomic E-state index is 14.4. The molecule has 2 fully saturated rings. The molecule has 1 saturated heterocycles. The Morgan fingerprint density at radius 1 is 1.13 bits per heavy atom. The lowest BCUT2D eigenvalue weighted by Gasteiger charge is -2.33. The molecule has 0 unspecified atom stereocenters. The lowest BCUT2D eigenvalue weighted by atomic mass is 10.0. The molecule has 0 spiro atoms. The van der Waals surface area contributed by atoms with Crippen molar-refractivity contribution >= 4 is 28.0 Å². The van der Waals surface area contributed by atoms with Crippen molar-refractivity contribution in [3.05, 3.63) is 88.6 Å². The average molecular weight is 636 g/mol. The van der Waals surface area contributed by atoms with Gasteiger partial charge in [-0.05, 0) is 61.6 Å². The number of nitrogens with one attached hydrogen (secondary N) is 1. The van der Waals surface area contributed by atoms with E-state index in [1.54, 1.807) is 48.5 Å². The van der Waals surface area contributed by atoms with E-state index in [0.717, 1.165) is 28.8 Å². The number of piperidine rings is 1. The third-order valence-corrected chi connectivity index (χ3v) is 8.99. The second-order valence-electron chi connectivity index (χ2n) is 12.6. The smallest absolute Gasteiger partial charge is 0.254 e. The van der Waals surface area contributed by atoms with E-state index in [9.17, 15) is 14.0 Å². The number of benzene rings is 1. The van der Waals surface area contributed by atoms with Gasteiger partial charge in [0, 0.05) is 54.1 Å². The summed E-state index contributed by atoms with van der Waals surface area (Å²) in [6.45, 7) is 1.47. The number of amides is 1. The SMILES string of the molecule is COc1cc(C(=O)N2C[C@H](N)C[C@@H](F)C2)cc2nc(-c3cc4cccnc4n3CC3CC3)n(Cc3cnn(-c4cccc(=O)[nH]4)c3)c12. The number of hydrogen-bond donors (Lipinski definition) is 2. The molecule has 240 valence electrons. The van der Waals surface area contributed by atoms with Crippen molar-refractivity contribution in [1.82, 2.24) is 38.8 Å². The van der Waals surface area contributed by atoms with Gasteiger partial charge in [0.15, 0.2) is 5.82 Å². The third-order valence-electron chi connectivity index (χ3n) is 8.99. The molecule has 0 bridgehead atoms. The van der Waals surface area contributed by atoms with Gasteiger partial charge < -0.3 is 29.5 Å². The second kappa shape index (κ2) is 11.5. The Labute approximate surface area is 268 Å². The average Bonchev–Trinajstić information content (AvgIpc) is 3.46. The number of imidazole rings is 1. The maximum Gasteiger partial charge on any atom is 0.254 e. The predicted molar refractivity (Wildman–Crippen MR) is 174 cm³/mol. The summed E-state index contributed by atoms with van der Waals surface area (Å²) in [6.07, 6.45) is 6.82. The Bertz CT molecular complexity index is 2180. The van der Waals surface area contributed by atoms with Crippen molar-refractivity contribution in [3.63, 3.8) is 0 Å². The highest BCUT2D eigenvalue weighted by molar-refractivity contribution is 6.00. The van der Waals surface area contributed by atoms with E-state index in [1.807, 2.05) is 18.3 Å². The number of ether oxygens (including phenoxy) is 1. The van der Waals surface area contributed by atoms with Crippen LogP contribution >= 0.6 is 0 Å². The molecule has 1 aliphatic heterocycles. The first-order valence-corrected chi connectivity index (χ1v) is 15.8. The summed E-state index contributed by atoms with van der Waals surface area (Å²) in [7, 11) is 1.56. The zero-order valence-electron chi connectivity index (χ0n) is 25.8. The molecule has 3 N–H and O–H groups in total. The molecule has 8 rings (SSSR count). The number of halogens is 1. The molecule has 0 radical (unpaired) electrons. The fourth-order valence-electron chi connectivity index (χ4n) is 6.62. The molecule has 1 aromatic carbocycles. The van der Waals surface area contributed by atoms with Gasteiger partial charge in [-0.25, -0.2) is 19.0 Å². The summed E-state index contributed by atoms with van der Waals surface area (Å²) >= 11 is 0. The van der Waals surface area contributed by atoms with Crippen LogP contribution in [0.15, 0.2) is 71.9 Å². The quantitative estimate of drug-likeness (QED) is 0.258. The summed E-state index contributed by atoms with van der Waals surface area (Å²) in [5, 5.41) is 5.52. The van der Waals surface area contributed by atoms with E-state index in [1.165, 1.54) is 23.8 Å². The molecular weight excluding hydrogens is 601 g/mol.